The molecule has 0 aliphatic carbocycles. The summed E-state index contributed by atoms with van der Waals surface area (Å²) in [5.74, 6) is 1.28. The van der Waals surface area contributed by atoms with Gasteiger partial charge in [0, 0.05) is 23.9 Å². The molecule has 182 valence electrons. The van der Waals surface area contributed by atoms with Gasteiger partial charge in [0.05, 0.1) is 11.1 Å². The third-order valence-corrected chi connectivity index (χ3v) is 8.08. The van der Waals surface area contributed by atoms with Crippen molar-refractivity contribution in [1.82, 2.24) is 4.48 Å². The van der Waals surface area contributed by atoms with Crippen LogP contribution in [-0.4, -0.2) is 21.5 Å². The Hall–Kier alpha value is -4.49. The van der Waals surface area contributed by atoms with Gasteiger partial charge < -0.3 is 18.3 Å². The van der Waals surface area contributed by atoms with Gasteiger partial charge in [-0.3, -0.25) is 0 Å². The van der Waals surface area contributed by atoms with Crippen LogP contribution in [0.3, 0.4) is 0 Å². The Kier molecular flexibility index (Phi) is 4.66. The van der Waals surface area contributed by atoms with E-state index in [1.54, 1.807) is 0 Å². The molecule has 3 aromatic rings. The Labute approximate surface area is 217 Å². The highest BCUT2D eigenvalue weighted by Crippen LogP contribution is 2.50. The van der Waals surface area contributed by atoms with Gasteiger partial charge in [-0.05, 0) is 75.9 Å². The van der Waals surface area contributed by atoms with E-state index in [0.717, 1.165) is 56.2 Å². The fourth-order valence-electron chi connectivity index (χ4n) is 6.73. The molecule has 0 N–H and O–H groups in total. The standard InChI is InChI=1S/C30H27BN4O2/c1-16-12-17(2)27(18(3)13-16)28-29-19(4)23(14-32)21(6)34(29)31(36-25-10-8-9-11-26(25)37-31)35-22(7)24(15-33)20(5)30(28)35/h8-13H,1-7H3. The normalized spacial score (nSPS) is 16.8. The first-order chi connectivity index (χ1) is 17.7. The monoisotopic (exact) mass is 486 g/mol. The summed E-state index contributed by atoms with van der Waals surface area (Å²) in [7, 11) is 0. The predicted molar refractivity (Wildman–Crippen MR) is 143 cm³/mol. The van der Waals surface area contributed by atoms with Crippen LogP contribution >= 0.6 is 0 Å². The molecule has 0 atom stereocenters. The van der Waals surface area contributed by atoms with E-state index >= 15 is 0 Å². The van der Waals surface area contributed by atoms with E-state index in [1.807, 2.05) is 52.0 Å². The Balaban J connectivity index is 1.84. The molecule has 3 aliphatic rings. The average molecular weight is 486 g/mol. The van der Waals surface area contributed by atoms with Crippen LogP contribution in [0.4, 0.5) is 0 Å². The zero-order valence-electron chi connectivity index (χ0n) is 22.1. The lowest BCUT2D eigenvalue weighted by atomic mass is 9.77. The first kappa shape index (κ1) is 22.9. The molecule has 7 heteroatoms. The van der Waals surface area contributed by atoms with E-state index < -0.39 is 6.82 Å². The molecule has 6 rings (SSSR count). The maximum absolute atomic E-state index is 10.2. The van der Waals surface area contributed by atoms with Crippen molar-refractivity contribution in [1.29, 1.82) is 10.5 Å². The molecule has 0 saturated carbocycles. The first-order valence-electron chi connectivity index (χ1n) is 12.5. The van der Waals surface area contributed by atoms with E-state index in [2.05, 4.69) is 54.0 Å². The quantitative estimate of drug-likeness (QED) is 0.410. The molecule has 0 saturated heterocycles. The second kappa shape index (κ2) is 7.51. The number of nitrogens with zero attached hydrogens (tertiary/aromatic N) is 4. The van der Waals surface area contributed by atoms with Crippen LogP contribution in [0, 0.1) is 57.3 Å². The third kappa shape index (κ3) is 2.72. The minimum atomic E-state index is -2.38. The van der Waals surface area contributed by atoms with Crippen molar-refractivity contribution in [3.05, 3.63) is 98.0 Å². The SMILES string of the molecule is CC1=C(C#N)C(C)=[N+]2C1=C(c1c(C)cc(C)cc1C)c1c(C)c(C#N)c(C)n1[B-]21Oc2ccccc2O1. The number of aryl methyl sites for hydroxylation is 3. The number of para-hydroxylation sites is 2. The molecule has 37 heavy (non-hydrogen) atoms. The summed E-state index contributed by atoms with van der Waals surface area (Å²) in [4.78, 5) is 0. The largest absolute Gasteiger partial charge is 0.780 e. The zero-order chi connectivity index (χ0) is 26.4. The highest BCUT2D eigenvalue weighted by molar-refractivity contribution is 6.62. The number of rotatable bonds is 1. The smallest absolute Gasteiger partial charge is 0.599 e. The molecular weight excluding hydrogens is 459 g/mol. The fourth-order valence-corrected chi connectivity index (χ4v) is 6.73. The van der Waals surface area contributed by atoms with Gasteiger partial charge in [0.1, 0.15) is 29.2 Å². The van der Waals surface area contributed by atoms with E-state index in [0.29, 0.717) is 22.6 Å². The number of aromatic nitrogens is 1. The Bertz CT molecular complexity index is 1720. The molecule has 1 spiro atoms. The summed E-state index contributed by atoms with van der Waals surface area (Å²) in [5, 5.41) is 20.4. The summed E-state index contributed by atoms with van der Waals surface area (Å²) in [6.45, 7) is 11.8. The molecular formula is C30H27BN4O2. The van der Waals surface area contributed by atoms with Crippen molar-refractivity contribution in [2.24, 2.45) is 0 Å². The Morgan fingerprint density at radius 2 is 1.46 bits per heavy atom. The molecule has 4 heterocycles. The van der Waals surface area contributed by atoms with E-state index in [4.69, 9.17) is 9.31 Å². The zero-order valence-corrected chi connectivity index (χ0v) is 22.1. The molecule has 0 bridgehead atoms. The number of fused-ring (bicyclic) bond motifs is 5. The highest BCUT2D eigenvalue weighted by Gasteiger charge is 2.64. The molecule has 1 aromatic heterocycles. The lowest BCUT2D eigenvalue weighted by molar-refractivity contribution is -0.369. The van der Waals surface area contributed by atoms with Crippen molar-refractivity contribution in [3.8, 4) is 23.6 Å². The maximum Gasteiger partial charge on any atom is 0.780 e. The third-order valence-electron chi connectivity index (χ3n) is 8.08. The summed E-state index contributed by atoms with van der Waals surface area (Å²) >= 11 is 0. The topological polar surface area (TPSA) is 74.0 Å². The number of hydrogen-bond acceptors (Lipinski definition) is 4. The second-order valence-electron chi connectivity index (χ2n) is 10.3. The van der Waals surface area contributed by atoms with Crippen LogP contribution in [0.2, 0.25) is 0 Å². The van der Waals surface area contributed by atoms with Crippen LogP contribution in [0.15, 0.2) is 53.2 Å². The molecule has 3 aliphatic heterocycles. The number of allylic oxidation sites excluding steroid dienone is 2. The number of hydrogen-bond donors (Lipinski definition) is 0. The van der Waals surface area contributed by atoms with Crippen molar-refractivity contribution in [2.75, 3.05) is 0 Å². The predicted octanol–water partition coefficient (Wildman–Crippen LogP) is 5.76. The van der Waals surface area contributed by atoms with Crippen molar-refractivity contribution < 1.29 is 13.8 Å². The summed E-state index contributed by atoms with van der Waals surface area (Å²) < 4.78 is 17.7. The van der Waals surface area contributed by atoms with Gasteiger partial charge in [0.2, 0.25) is 0 Å². The van der Waals surface area contributed by atoms with Crippen LogP contribution in [0.5, 0.6) is 11.5 Å². The molecule has 6 nitrogen and oxygen atoms in total. The molecule has 0 amide bonds. The molecule has 0 unspecified atom stereocenters. The van der Waals surface area contributed by atoms with E-state index in [1.165, 1.54) is 5.56 Å². The van der Waals surface area contributed by atoms with E-state index in [-0.39, 0.29) is 0 Å². The fraction of sp³-hybridized carbons (Fsp3) is 0.233. The lowest BCUT2D eigenvalue weighted by Crippen LogP contribution is -2.65. The molecule has 0 fully saturated rings. The summed E-state index contributed by atoms with van der Waals surface area (Å²) in [6.07, 6.45) is 0. The average Bonchev–Trinajstić information content (AvgIpc) is 3.43. The van der Waals surface area contributed by atoms with Crippen molar-refractivity contribution >= 4 is 18.1 Å². The van der Waals surface area contributed by atoms with Crippen molar-refractivity contribution in [2.45, 2.75) is 48.5 Å². The van der Waals surface area contributed by atoms with E-state index in [9.17, 15) is 10.5 Å². The molecule has 2 aromatic carbocycles. The minimum absolute atomic E-state index is 0.612. The molecule has 0 radical (unpaired) electrons. The van der Waals surface area contributed by atoms with Gasteiger partial charge in [-0.15, -0.1) is 0 Å². The van der Waals surface area contributed by atoms with Gasteiger partial charge in [-0.1, -0.05) is 29.8 Å². The lowest BCUT2D eigenvalue weighted by Gasteiger charge is -2.39. The summed E-state index contributed by atoms with van der Waals surface area (Å²) in [6, 6.07) is 16.9. The van der Waals surface area contributed by atoms with Crippen LogP contribution in [-0.2, 0) is 0 Å². The number of nitriles is 2. The van der Waals surface area contributed by atoms with Crippen LogP contribution in [0.1, 0.15) is 58.6 Å². The van der Waals surface area contributed by atoms with Crippen LogP contribution < -0.4 is 9.31 Å². The Morgan fingerprint density at radius 1 is 0.865 bits per heavy atom. The highest BCUT2D eigenvalue weighted by atomic mass is 16.7. The Morgan fingerprint density at radius 3 is 2.00 bits per heavy atom. The first-order valence-corrected chi connectivity index (χ1v) is 12.5. The minimum Gasteiger partial charge on any atom is -0.599 e. The van der Waals surface area contributed by atoms with Gasteiger partial charge in [-0.25, -0.2) is 0 Å². The van der Waals surface area contributed by atoms with Gasteiger partial charge in [-0.2, -0.15) is 10.5 Å². The van der Waals surface area contributed by atoms with Gasteiger partial charge in [0.25, 0.3) is 0 Å². The second-order valence-corrected chi connectivity index (χ2v) is 10.3. The van der Waals surface area contributed by atoms with Gasteiger partial charge in [0.15, 0.2) is 11.4 Å². The maximum atomic E-state index is 10.2. The summed E-state index contributed by atoms with van der Waals surface area (Å²) in [5.41, 5.74) is 11.9. The number of benzene rings is 2. The van der Waals surface area contributed by atoms with Gasteiger partial charge >= 0.3 is 6.82 Å². The van der Waals surface area contributed by atoms with Crippen molar-refractivity contribution in [3.63, 3.8) is 0 Å². The van der Waals surface area contributed by atoms with Crippen LogP contribution in [0.25, 0.3) is 5.57 Å².